The van der Waals surface area contributed by atoms with Crippen LogP contribution < -0.4 is 10.5 Å². The normalized spacial score (nSPS) is 23.7. The van der Waals surface area contributed by atoms with Crippen molar-refractivity contribution >= 4 is 21.8 Å². The average molecular weight is 300 g/mol. The van der Waals surface area contributed by atoms with Gasteiger partial charge in [-0.05, 0) is 43.2 Å². The molecule has 106 valence electrons. The minimum Gasteiger partial charge on any atom is -0.326 e. The summed E-state index contributed by atoms with van der Waals surface area (Å²) >= 11 is 1.84. The zero-order valence-corrected chi connectivity index (χ0v) is 12.7. The highest BCUT2D eigenvalue weighted by Crippen LogP contribution is 2.37. The van der Waals surface area contributed by atoms with Crippen LogP contribution in [0.1, 0.15) is 25.3 Å². The van der Waals surface area contributed by atoms with Gasteiger partial charge in [0.1, 0.15) is 0 Å². The van der Waals surface area contributed by atoms with Crippen molar-refractivity contribution in [1.29, 1.82) is 0 Å². The Morgan fingerprint density at radius 3 is 2.89 bits per heavy atom. The second kappa shape index (κ2) is 5.83. The predicted molar refractivity (Wildman–Crippen MR) is 79.6 cm³/mol. The molecule has 2 rings (SSSR count). The fourth-order valence-electron chi connectivity index (χ4n) is 2.15. The van der Waals surface area contributed by atoms with Crippen molar-refractivity contribution in [2.24, 2.45) is 5.73 Å². The maximum Gasteiger partial charge on any atom is 0.240 e. The molecule has 19 heavy (non-hydrogen) atoms. The molecule has 4 nitrogen and oxygen atoms in total. The van der Waals surface area contributed by atoms with Gasteiger partial charge in [0.25, 0.3) is 0 Å². The van der Waals surface area contributed by atoms with Crippen LogP contribution in [0.3, 0.4) is 0 Å². The van der Waals surface area contributed by atoms with Crippen LogP contribution in [0.15, 0.2) is 29.2 Å². The number of hydrogen-bond donors (Lipinski definition) is 2. The Morgan fingerprint density at radius 2 is 2.26 bits per heavy atom. The lowest BCUT2D eigenvalue weighted by atomic mass is 10.1. The molecule has 3 N–H and O–H groups in total. The third-order valence-corrected chi connectivity index (χ3v) is 6.32. The number of sulfonamides is 1. The van der Waals surface area contributed by atoms with E-state index >= 15 is 0 Å². The van der Waals surface area contributed by atoms with Crippen LogP contribution in [0.25, 0.3) is 0 Å². The van der Waals surface area contributed by atoms with Gasteiger partial charge in [-0.25, -0.2) is 13.1 Å². The summed E-state index contributed by atoms with van der Waals surface area (Å²) in [6, 6.07) is 6.79. The summed E-state index contributed by atoms with van der Waals surface area (Å²) in [5.41, 5.74) is 6.36. The number of benzene rings is 1. The minimum absolute atomic E-state index is 0.0263. The highest BCUT2D eigenvalue weighted by molar-refractivity contribution is 8.01. The molecule has 1 heterocycles. The van der Waals surface area contributed by atoms with E-state index in [1.54, 1.807) is 18.2 Å². The molecule has 1 aliphatic rings. The molecular formula is C13H20N2O2S2. The van der Waals surface area contributed by atoms with Crippen LogP contribution >= 0.6 is 11.8 Å². The molecule has 1 atom stereocenters. The first-order valence-corrected chi connectivity index (χ1v) is 8.85. The Balaban J connectivity index is 2.09. The Hall–Kier alpha value is -0.560. The summed E-state index contributed by atoms with van der Waals surface area (Å²) in [4.78, 5) is 0.294. The molecule has 0 spiro atoms. The van der Waals surface area contributed by atoms with E-state index in [2.05, 4.69) is 11.6 Å². The molecule has 1 unspecified atom stereocenters. The summed E-state index contributed by atoms with van der Waals surface area (Å²) in [6.07, 6.45) is 2.22. The average Bonchev–Trinajstić information content (AvgIpc) is 2.84. The van der Waals surface area contributed by atoms with Crippen LogP contribution in [-0.2, 0) is 16.6 Å². The van der Waals surface area contributed by atoms with Gasteiger partial charge in [0.05, 0.1) is 4.90 Å². The lowest BCUT2D eigenvalue weighted by Crippen LogP contribution is -2.36. The van der Waals surface area contributed by atoms with E-state index in [4.69, 9.17) is 5.73 Å². The predicted octanol–water partition coefficient (Wildman–Crippen LogP) is 1.71. The van der Waals surface area contributed by atoms with E-state index in [0.717, 1.165) is 24.2 Å². The van der Waals surface area contributed by atoms with E-state index in [0.29, 0.717) is 18.0 Å². The van der Waals surface area contributed by atoms with Gasteiger partial charge in [-0.3, -0.25) is 0 Å². The van der Waals surface area contributed by atoms with Gasteiger partial charge >= 0.3 is 0 Å². The molecule has 0 amide bonds. The fraction of sp³-hybridized carbons (Fsp3) is 0.538. The number of rotatable bonds is 5. The smallest absolute Gasteiger partial charge is 0.240 e. The third-order valence-electron chi connectivity index (χ3n) is 3.38. The van der Waals surface area contributed by atoms with Gasteiger partial charge in [0.2, 0.25) is 10.0 Å². The van der Waals surface area contributed by atoms with Crippen molar-refractivity contribution < 1.29 is 8.42 Å². The highest BCUT2D eigenvalue weighted by Gasteiger charge is 2.31. The van der Waals surface area contributed by atoms with Gasteiger partial charge in [-0.1, -0.05) is 12.1 Å². The van der Waals surface area contributed by atoms with Gasteiger partial charge < -0.3 is 5.73 Å². The second-order valence-electron chi connectivity index (χ2n) is 5.08. The van der Waals surface area contributed by atoms with E-state index in [1.165, 1.54) is 0 Å². The molecule has 1 aliphatic heterocycles. The Kier molecular flexibility index (Phi) is 4.55. The van der Waals surface area contributed by atoms with Crippen LogP contribution in [-0.4, -0.2) is 25.5 Å². The first-order chi connectivity index (χ1) is 8.95. The molecule has 1 aromatic carbocycles. The molecule has 0 aromatic heterocycles. The maximum absolute atomic E-state index is 12.2. The van der Waals surface area contributed by atoms with Crippen LogP contribution in [0.4, 0.5) is 0 Å². The molecule has 6 heteroatoms. The van der Waals surface area contributed by atoms with E-state index < -0.39 is 10.0 Å². The second-order valence-corrected chi connectivity index (χ2v) is 8.53. The van der Waals surface area contributed by atoms with Crippen LogP contribution in [0, 0.1) is 0 Å². The van der Waals surface area contributed by atoms with Gasteiger partial charge in [0, 0.05) is 17.8 Å². The fourth-order valence-corrected chi connectivity index (χ4v) is 4.72. The minimum atomic E-state index is -3.44. The standard InChI is InChI=1S/C13H20N2O2S2/c1-13(6-3-7-18-13)10-15-19(16,17)12-5-2-4-11(8-12)9-14/h2,4-5,8,15H,3,6-7,9-10,14H2,1H3. The number of hydrogen-bond acceptors (Lipinski definition) is 4. The van der Waals surface area contributed by atoms with E-state index in [-0.39, 0.29) is 4.75 Å². The SMILES string of the molecule is CC1(CNS(=O)(=O)c2cccc(CN)c2)CCCS1. The Labute approximate surface area is 119 Å². The van der Waals surface area contributed by atoms with E-state index in [1.807, 2.05) is 17.8 Å². The zero-order valence-electron chi connectivity index (χ0n) is 11.1. The quantitative estimate of drug-likeness (QED) is 0.868. The van der Waals surface area contributed by atoms with Crippen molar-refractivity contribution in [2.75, 3.05) is 12.3 Å². The molecule has 0 bridgehead atoms. The van der Waals surface area contributed by atoms with Crippen molar-refractivity contribution in [2.45, 2.75) is 36.0 Å². The Bertz CT molecular complexity index is 537. The summed E-state index contributed by atoms with van der Waals surface area (Å²) in [7, 11) is -3.44. The molecule has 1 fully saturated rings. The molecule has 1 aromatic rings. The summed E-state index contributed by atoms with van der Waals surface area (Å²) in [5, 5.41) is 0. The van der Waals surface area contributed by atoms with Crippen molar-refractivity contribution in [1.82, 2.24) is 4.72 Å². The van der Waals surface area contributed by atoms with Gasteiger partial charge in [-0.2, -0.15) is 11.8 Å². The van der Waals surface area contributed by atoms with E-state index in [9.17, 15) is 8.42 Å². The lowest BCUT2D eigenvalue weighted by molar-refractivity contribution is 0.552. The third kappa shape index (κ3) is 3.72. The number of nitrogens with one attached hydrogen (secondary N) is 1. The first kappa shape index (κ1) is 14.8. The molecular weight excluding hydrogens is 280 g/mol. The van der Waals surface area contributed by atoms with Crippen molar-refractivity contribution in [3.05, 3.63) is 29.8 Å². The summed E-state index contributed by atoms with van der Waals surface area (Å²) in [6.45, 7) is 2.94. The van der Waals surface area contributed by atoms with Crippen molar-refractivity contribution in [3.63, 3.8) is 0 Å². The number of thioether (sulfide) groups is 1. The largest absolute Gasteiger partial charge is 0.326 e. The first-order valence-electron chi connectivity index (χ1n) is 6.38. The van der Waals surface area contributed by atoms with Gasteiger partial charge in [0.15, 0.2) is 0 Å². The maximum atomic E-state index is 12.2. The summed E-state index contributed by atoms with van der Waals surface area (Å²) < 4.78 is 27.2. The summed E-state index contributed by atoms with van der Waals surface area (Å²) in [5.74, 6) is 1.11. The van der Waals surface area contributed by atoms with Crippen LogP contribution in [0.2, 0.25) is 0 Å². The van der Waals surface area contributed by atoms with Gasteiger partial charge in [-0.15, -0.1) is 0 Å². The topological polar surface area (TPSA) is 72.2 Å². The number of nitrogens with two attached hydrogens (primary N) is 1. The Morgan fingerprint density at radius 1 is 1.47 bits per heavy atom. The highest BCUT2D eigenvalue weighted by atomic mass is 32.2. The zero-order chi connectivity index (χ0) is 13.9. The molecule has 0 aliphatic carbocycles. The lowest BCUT2D eigenvalue weighted by Gasteiger charge is -2.22. The van der Waals surface area contributed by atoms with Crippen molar-refractivity contribution in [3.8, 4) is 0 Å². The van der Waals surface area contributed by atoms with Crippen LogP contribution in [0.5, 0.6) is 0 Å². The molecule has 1 saturated heterocycles. The molecule has 0 saturated carbocycles. The monoisotopic (exact) mass is 300 g/mol. The molecule has 0 radical (unpaired) electrons.